The lowest BCUT2D eigenvalue weighted by Crippen LogP contribution is -2.58. The second-order valence-corrected chi connectivity index (χ2v) is 12.0. The average molecular weight is 504 g/mol. The maximum absolute atomic E-state index is 14.3. The van der Waals surface area contributed by atoms with Crippen LogP contribution in [0, 0.1) is 19.8 Å². The monoisotopic (exact) mass is 503 g/mol. The molecule has 7 nitrogen and oxygen atoms in total. The maximum Gasteiger partial charge on any atom is 0.408 e. The Morgan fingerprint density at radius 3 is 1.89 bits per heavy atom. The van der Waals surface area contributed by atoms with Crippen LogP contribution in [-0.2, 0) is 14.3 Å². The quantitative estimate of drug-likeness (QED) is 0.444. The van der Waals surface area contributed by atoms with Crippen LogP contribution in [-0.4, -0.2) is 46.0 Å². The van der Waals surface area contributed by atoms with Crippen LogP contribution in [0.4, 0.5) is 4.79 Å². The Hall–Kier alpha value is -2.57. The normalized spacial score (nSPS) is 15.3. The molecule has 0 bridgehead atoms. The molecule has 0 saturated heterocycles. The minimum absolute atomic E-state index is 0.166. The molecular weight excluding hydrogens is 454 g/mol. The summed E-state index contributed by atoms with van der Waals surface area (Å²) < 4.78 is 5.48. The van der Waals surface area contributed by atoms with Gasteiger partial charge in [0, 0.05) is 11.6 Å². The Balaban J connectivity index is 3.71. The molecule has 0 saturated carbocycles. The van der Waals surface area contributed by atoms with Gasteiger partial charge in [0.1, 0.15) is 17.7 Å². The van der Waals surface area contributed by atoms with E-state index >= 15 is 0 Å². The number of hydrogen-bond donors (Lipinski definition) is 2. The summed E-state index contributed by atoms with van der Waals surface area (Å²) in [7, 11) is 0. The molecule has 3 amide bonds. The lowest BCUT2D eigenvalue weighted by molar-refractivity contribution is -0.146. The molecule has 4 unspecified atom stereocenters. The number of amides is 3. The number of carbonyl (C=O) groups excluding carboxylic acids is 3. The van der Waals surface area contributed by atoms with Crippen molar-refractivity contribution in [1.29, 1.82) is 0 Å². The van der Waals surface area contributed by atoms with E-state index in [2.05, 4.69) is 10.6 Å². The van der Waals surface area contributed by atoms with Crippen LogP contribution in [0.5, 0.6) is 0 Å². The fraction of sp³-hybridized carbons (Fsp3) is 0.690. The van der Waals surface area contributed by atoms with Gasteiger partial charge in [-0.15, -0.1) is 0 Å². The van der Waals surface area contributed by atoms with Gasteiger partial charge in [-0.2, -0.15) is 0 Å². The first-order chi connectivity index (χ1) is 16.4. The number of alkyl carbamates (subject to hydrolysis) is 1. The molecule has 0 aliphatic heterocycles. The molecule has 0 aliphatic rings. The summed E-state index contributed by atoms with van der Waals surface area (Å²) in [5.41, 5.74) is 1.50. The zero-order valence-corrected chi connectivity index (χ0v) is 24.5. The van der Waals surface area contributed by atoms with Gasteiger partial charge < -0.3 is 20.3 Å². The summed E-state index contributed by atoms with van der Waals surface area (Å²) in [4.78, 5) is 42.6. The Morgan fingerprint density at radius 1 is 0.944 bits per heavy atom. The van der Waals surface area contributed by atoms with Crippen LogP contribution >= 0.6 is 0 Å². The maximum atomic E-state index is 14.3. The fourth-order valence-corrected chi connectivity index (χ4v) is 4.17. The van der Waals surface area contributed by atoms with E-state index in [4.69, 9.17) is 4.74 Å². The number of rotatable bonds is 9. The lowest BCUT2D eigenvalue weighted by Gasteiger charge is -2.41. The summed E-state index contributed by atoms with van der Waals surface area (Å²) in [5, 5.41) is 5.92. The number of nitrogens with one attached hydrogen (secondary N) is 2. The van der Waals surface area contributed by atoms with E-state index in [9.17, 15) is 14.4 Å². The van der Waals surface area contributed by atoms with E-state index in [1.54, 1.807) is 25.7 Å². The SMILES string of the molecule is CCC(C)C(NC(=O)OC(C)(C)C)C(=O)N(C(C)CC)C(C(=O)NC(C)(C)C)c1c(C)cccc1C. The van der Waals surface area contributed by atoms with E-state index in [1.165, 1.54) is 0 Å². The largest absolute Gasteiger partial charge is 0.444 e. The average Bonchev–Trinajstić information content (AvgIpc) is 2.72. The molecule has 0 heterocycles. The third-order valence-electron chi connectivity index (χ3n) is 6.31. The molecule has 204 valence electrons. The summed E-state index contributed by atoms with van der Waals surface area (Å²) in [6.07, 6.45) is 0.673. The van der Waals surface area contributed by atoms with E-state index in [0.717, 1.165) is 16.7 Å². The first kappa shape index (κ1) is 31.5. The van der Waals surface area contributed by atoms with Crippen molar-refractivity contribution in [2.45, 2.75) is 125 Å². The first-order valence-electron chi connectivity index (χ1n) is 13.1. The minimum Gasteiger partial charge on any atom is -0.444 e. The van der Waals surface area contributed by atoms with E-state index < -0.39 is 29.3 Å². The highest BCUT2D eigenvalue weighted by Gasteiger charge is 2.41. The van der Waals surface area contributed by atoms with Crippen LogP contribution in [0.3, 0.4) is 0 Å². The van der Waals surface area contributed by atoms with Gasteiger partial charge in [0.2, 0.25) is 11.8 Å². The predicted molar refractivity (Wildman–Crippen MR) is 146 cm³/mol. The smallest absolute Gasteiger partial charge is 0.408 e. The van der Waals surface area contributed by atoms with Crippen molar-refractivity contribution in [1.82, 2.24) is 15.5 Å². The predicted octanol–water partition coefficient (Wildman–Crippen LogP) is 5.83. The van der Waals surface area contributed by atoms with Crippen molar-refractivity contribution in [3.05, 3.63) is 34.9 Å². The summed E-state index contributed by atoms with van der Waals surface area (Å²) in [6, 6.07) is 3.94. The zero-order valence-electron chi connectivity index (χ0n) is 24.5. The van der Waals surface area contributed by atoms with Crippen LogP contribution in [0.2, 0.25) is 0 Å². The number of nitrogens with zero attached hydrogens (tertiary/aromatic N) is 1. The number of carbonyl (C=O) groups is 3. The van der Waals surface area contributed by atoms with Crippen LogP contribution in [0.1, 0.15) is 105 Å². The number of benzene rings is 1. The van der Waals surface area contributed by atoms with Gasteiger partial charge in [0.15, 0.2) is 0 Å². The summed E-state index contributed by atoms with van der Waals surface area (Å²) >= 11 is 0. The summed E-state index contributed by atoms with van der Waals surface area (Å²) in [6.45, 7) is 22.9. The minimum atomic E-state index is -0.847. The molecule has 0 aromatic heterocycles. The molecule has 7 heteroatoms. The van der Waals surface area contributed by atoms with Gasteiger partial charge in [-0.25, -0.2) is 4.79 Å². The zero-order chi connectivity index (χ0) is 28.0. The number of aryl methyl sites for hydroxylation is 2. The molecule has 4 atom stereocenters. The number of ether oxygens (including phenoxy) is 1. The van der Waals surface area contributed by atoms with Crippen molar-refractivity contribution in [2.75, 3.05) is 0 Å². The molecule has 0 spiro atoms. The standard InChI is InChI=1S/C29H49N3O4/c1-13-18(3)23(30-27(35)36-29(10,11)12)26(34)32(21(6)14-2)24(25(33)31-28(7,8)9)22-19(4)16-15-17-20(22)5/h15-18,21,23-24H,13-14H2,1-12H3,(H,30,35)(H,31,33). The van der Waals surface area contributed by atoms with Gasteiger partial charge in [0.25, 0.3) is 0 Å². The summed E-state index contributed by atoms with van der Waals surface area (Å²) in [5.74, 6) is -0.698. The van der Waals surface area contributed by atoms with Crippen LogP contribution in [0.15, 0.2) is 18.2 Å². The van der Waals surface area contributed by atoms with Gasteiger partial charge >= 0.3 is 6.09 Å². The second-order valence-electron chi connectivity index (χ2n) is 12.0. The molecule has 1 rings (SSSR count). The molecule has 1 aromatic carbocycles. The Labute approximate surface area is 218 Å². The van der Waals surface area contributed by atoms with Crippen LogP contribution in [0.25, 0.3) is 0 Å². The molecule has 0 aliphatic carbocycles. The van der Waals surface area contributed by atoms with Crippen molar-refractivity contribution < 1.29 is 19.1 Å². The topological polar surface area (TPSA) is 87.7 Å². The van der Waals surface area contributed by atoms with Crippen molar-refractivity contribution in [3.8, 4) is 0 Å². The fourth-order valence-electron chi connectivity index (χ4n) is 4.17. The Kier molecular flexibility index (Phi) is 11.0. The van der Waals surface area contributed by atoms with Crippen molar-refractivity contribution >= 4 is 17.9 Å². The second kappa shape index (κ2) is 12.6. The molecule has 0 radical (unpaired) electrons. The number of hydrogen-bond acceptors (Lipinski definition) is 4. The molecular formula is C29H49N3O4. The van der Waals surface area contributed by atoms with Crippen molar-refractivity contribution in [3.63, 3.8) is 0 Å². The van der Waals surface area contributed by atoms with Gasteiger partial charge in [-0.3, -0.25) is 9.59 Å². The molecule has 0 fully saturated rings. The van der Waals surface area contributed by atoms with Gasteiger partial charge in [0.05, 0.1) is 0 Å². The Bertz CT molecular complexity index is 894. The highest BCUT2D eigenvalue weighted by molar-refractivity contribution is 5.93. The highest BCUT2D eigenvalue weighted by atomic mass is 16.6. The molecule has 1 aromatic rings. The van der Waals surface area contributed by atoms with Crippen LogP contribution < -0.4 is 10.6 Å². The highest BCUT2D eigenvalue weighted by Crippen LogP contribution is 2.32. The van der Waals surface area contributed by atoms with E-state index in [1.807, 2.05) is 80.5 Å². The molecule has 36 heavy (non-hydrogen) atoms. The van der Waals surface area contributed by atoms with E-state index in [-0.39, 0.29) is 23.8 Å². The lowest BCUT2D eigenvalue weighted by atomic mass is 9.90. The van der Waals surface area contributed by atoms with E-state index in [0.29, 0.717) is 12.8 Å². The van der Waals surface area contributed by atoms with Crippen molar-refractivity contribution in [2.24, 2.45) is 5.92 Å². The Morgan fingerprint density at radius 2 is 1.47 bits per heavy atom. The third-order valence-corrected chi connectivity index (χ3v) is 6.31. The first-order valence-corrected chi connectivity index (χ1v) is 13.1. The third kappa shape index (κ3) is 8.82. The molecule has 2 N–H and O–H groups in total. The van der Waals surface area contributed by atoms with Gasteiger partial charge in [-0.1, -0.05) is 45.4 Å². The van der Waals surface area contributed by atoms with Gasteiger partial charge in [-0.05, 0) is 91.3 Å².